The Morgan fingerprint density at radius 2 is 2.03 bits per heavy atom. The number of pyridine rings is 1. The van der Waals surface area contributed by atoms with Crippen molar-refractivity contribution in [1.29, 1.82) is 0 Å². The topological polar surface area (TPSA) is 98.1 Å². The summed E-state index contributed by atoms with van der Waals surface area (Å²) in [6.45, 7) is -0.425. The number of ether oxygens (including phenoxy) is 1. The minimum atomic E-state index is -0.608. The van der Waals surface area contributed by atoms with Crippen LogP contribution in [0.5, 0.6) is 0 Å². The van der Waals surface area contributed by atoms with Gasteiger partial charge in [-0.1, -0.05) is 0 Å². The van der Waals surface area contributed by atoms with Gasteiger partial charge < -0.3 is 13.6 Å². The Balaban J connectivity index is 1.40. The van der Waals surface area contributed by atoms with Crippen molar-refractivity contribution in [2.45, 2.75) is 25.3 Å². The zero-order valence-corrected chi connectivity index (χ0v) is 17.2. The third-order valence-corrected chi connectivity index (χ3v) is 5.68. The highest BCUT2D eigenvalue weighted by Gasteiger charge is 2.45. The molecule has 2 aliphatic rings. The van der Waals surface area contributed by atoms with Gasteiger partial charge in [0.05, 0.1) is 23.8 Å². The maximum atomic E-state index is 13.1. The molecule has 32 heavy (non-hydrogen) atoms. The Labute approximate surface area is 184 Å². The number of furan rings is 2. The second-order valence-corrected chi connectivity index (χ2v) is 7.69. The number of carbonyl (C=O) groups excluding carboxylic acids is 2. The van der Waals surface area contributed by atoms with Gasteiger partial charge in [-0.15, -0.1) is 0 Å². The third kappa shape index (κ3) is 3.87. The summed E-state index contributed by atoms with van der Waals surface area (Å²) in [5.41, 5.74) is 2.17. The average Bonchev–Trinajstić information content (AvgIpc) is 3.58. The maximum absolute atomic E-state index is 13.1. The summed E-state index contributed by atoms with van der Waals surface area (Å²) in [7, 11) is 0. The molecule has 162 valence electrons. The van der Waals surface area contributed by atoms with E-state index in [1.54, 1.807) is 36.9 Å². The largest absolute Gasteiger partial charge is 0.467 e. The molecule has 1 saturated carbocycles. The molecule has 2 atom stereocenters. The smallest absolute Gasteiger partial charge is 0.340 e. The van der Waals surface area contributed by atoms with Gasteiger partial charge in [-0.2, -0.15) is 5.10 Å². The predicted octanol–water partition coefficient (Wildman–Crippen LogP) is 4.25. The average molecular weight is 431 g/mol. The van der Waals surface area contributed by atoms with Crippen LogP contribution in [0.3, 0.4) is 0 Å². The molecule has 1 amide bonds. The molecule has 2 unspecified atom stereocenters. The van der Waals surface area contributed by atoms with E-state index in [0.29, 0.717) is 5.76 Å². The van der Waals surface area contributed by atoms with Crippen LogP contribution >= 0.6 is 0 Å². The van der Waals surface area contributed by atoms with Crippen LogP contribution in [0.15, 0.2) is 80.8 Å². The number of esters is 1. The molecule has 0 spiro atoms. The van der Waals surface area contributed by atoms with E-state index in [9.17, 15) is 9.59 Å². The van der Waals surface area contributed by atoms with Crippen molar-refractivity contribution in [2.75, 3.05) is 6.61 Å². The van der Waals surface area contributed by atoms with Gasteiger partial charge in [0.2, 0.25) is 0 Å². The number of nitrogens with zero attached hydrogens (tertiary/aromatic N) is 3. The quantitative estimate of drug-likeness (QED) is 0.560. The van der Waals surface area contributed by atoms with Gasteiger partial charge in [0.15, 0.2) is 6.61 Å². The zero-order valence-electron chi connectivity index (χ0n) is 17.2. The second kappa shape index (κ2) is 8.66. The summed E-state index contributed by atoms with van der Waals surface area (Å²) < 4.78 is 16.4. The highest BCUT2D eigenvalue weighted by atomic mass is 16.5. The molecule has 4 heterocycles. The van der Waals surface area contributed by atoms with Crippen molar-refractivity contribution in [3.05, 3.63) is 84.0 Å². The maximum Gasteiger partial charge on any atom is 0.340 e. The molecule has 1 aliphatic heterocycles. The summed E-state index contributed by atoms with van der Waals surface area (Å²) in [6.07, 6.45) is 10.8. The van der Waals surface area contributed by atoms with E-state index in [0.717, 1.165) is 36.3 Å². The lowest BCUT2D eigenvalue weighted by Gasteiger charge is -2.27. The number of hydrogen-bond donors (Lipinski definition) is 0. The number of allylic oxidation sites excluding steroid dienone is 1. The van der Waals surface area contributed by atoms with Gasteiger partial charge in [0, 0.05) is 18.3 Å². The van der Waals surface area contributed by atoms with Crippen molar-refractivity contribution in [3.63, 3.8) is 0 Å². The molecule has 3 aromatic heterocycles. The number of rotatable bonds is 5. The Hall–Kier alpha value is -3.94. The molecule has 3 aromatic rings. The standard InChI is InChI=1S/C24H21N3O5/c28-21(15-32-24(29)17-6-2-10-25-14-17)27-23(20-9-4-12-31-20)19-8-1-5-16(22(19)26-27)13-18-7-3-11-30-18/h2-4,6-7,9-14,19,23H,1,5,8,15H2/b16-13+. The summed E-state index contributed by atoms with van der Waals surface area (Å²) in [5.74, 6) is 0.369. The highest BCUT2D eigenvalue weighted by molar-refractivity contribution is 6.08. The van der Waals surface area contributed by atoms with Gasteiger partial charge in [0.25, 0.3) is 5.91 Å². The lowest BCUT2D eigenvalue weighted by atomic mass is 9.79. The highest BCUT2D eigenvalue weighted by Crippen LogP contribution is 2.44. The van der Waals surface area contributed by atoms with E-state index in [1.807, 2.05) is 24.3 Å². The van der Waals surface area contributed by atoms with Gasteiger partial charge in [0.1, 0.15) is 17.6 Å². The van der Waals surface area contributed by atoms with E-state index in [2.05, 4.69) is 10.1 Å². The molecular formula is C24H21N3O5. The first kappa shape index (κ1) is 20.0. The van der Waals surface area contributed by atoms with Crippen LogP contribution < -0.4 is 0 Å². The van der Waals surface area contributed by atoms with Crippen LogP contribution in [0.4, 0.5) is 0 Å². The molecule has 8 nitrogen and oxygen atoms in total. The Morgan fingerprint density at radius 3 is 2.78 bits per heavy atom. The molecule has 1 fully saturated rings. The molecule has 0 radical (unpaired) electrons. The number of fused-ring (bicyclic) bond motifs is 1. The number of aromatic nitrogens is 1. The lowest BCUT2D eigenvalue weighted by Crippen LogP contribution is -2.34. The first-order chi connectivity index (χ1) is 15.7. The molecule has 1 aliphatic carbocycles. The zero-order chi connectivity index (χ0) is 21.9. The first-order valence-corrected chi connectivity index (χ1v) is 10.5. The fourth-order valence-corrected chi connectivity index (χ4v) is 4.25. The van der Waals surface area contributed by atoms with Crippen LogP contribution in [-0.2, 0) is 9.53 Å². The third-order valence-electron chi connectivity index (χ3n) is 5.68. The number of amides is 1. The van der Waals surface area contributed by atoms with E-state index in [-0.39, 0.29) is 17.5 Å². The van der Waals surface area contributed by atoms with Crippen LogP contribution in [0.2, 0.25) is 0 Å². The first-order valence-electron chi connectivity index (χ1n) is 10.5. The van der Waals surface area contributed by atoms with Crippen molar-refractivity contribution < 1.29 is 23.2 Å². The van der Waals surface area contributed by atoms with Crippen LogP contribution in [-0.4, -0.2) is 34.2 Å². The summed E-state index contributed by atoms with van der Waals surface area (Å²) in [4.78, 5) is 29.2. The van der Waals surface area contributed by atoms with Crippen molar-refractivity contribution in [3.8, 4) is 0 Å². The Morgan fingerprint density at radius 1 is 1.16 bits per heavy atom. The van der Waals surface area contributed by atoms with Crippen LogP contribution in [0.1, 0.15) is 47.2 Å². The van der Waals surface area contributed by atoms with E-state index in [4.69, 9.17) is 13.6 Å². The Kier molecular flexibility index (Phi) is 5.41. The fraction of sp³-hybridized carbons (Fsp3) is 0.250. The molecule has 0 saturated heterocycles. The van der Waals surface area contributed by atoms with Crippen molar-refractivity contribution >= 4 is 23.7 Å². The van der Waals surface area contributed by atoms with Gasteiger partial charge in [-0.05, 0) is 67.3 Å². The van der Waals surface area contributed by atoms with E-state index in [1.165, 1.54) is 11.2 Å². The normalized spacial score (nSPS) is 21.3. The molecule has 5 rings (SSSR count). The summed E-state index contributed by atoms with van der Waals surface area (Å²) in [6, 6.07) is 10.2. The number of hydrogen-bond acceptors (Lipinski definition) is 7. The van der Waals surface area contributed by atoms with E-state index < -0.39 is 18.5 Å². The van der Waals surface area contributed by atoms with Crippen molar-refractivity contribution in [1.82, 2.24) is 9.99 Å². The molecule has 0 N–H and O–H groups in total. The minimum absolute atomic E-state index is 0.00547. The van der Waals surface area contributed by atoms with Gasteiger partial charge in [-0.3, -0.25) is 9.78 Å². The lowest BCUT2D eigenvalue weighted by molar-refractivity contribution is -0.137. The van der Waals surface area contributed by atoms with E-state index >= 15 is 0 Å². The van der Waals surface area contributed by atoms with Crippen molar-refractivity contribution in [2.24, 2.45) is 11.0 Å². The summed E-state index contributed by atoms with van der Waals surface area (Å²) >= 11 is 0. The molecule has 8 heteroatoms. The Bertz CT molecular complexity index is 1150. The molecular weight excluding hydrogens is 410 g/mol. The van der Waals surface area contributed by atoms with Gasteiger partial charge in [-0.25, -0.2) is 9.80 Å². The second-order valence-electron chi connectivity index (χ2n) is 7.69. The van der Waals surface area contributed by atoms with Crippen LogP contribution in [0.25, 0.3) is 6.08 Å². The molecule has 0 aromatic carbocycles. The number of hydrazone groups is 1. The minimum Gasteiger partial charge on any atom is -0.467 e. The van der Waals surface area contributed by atoms with Gasteiger partial charge >= 0.3 is 5.97 Å². The summed E-state index contributed by atoms with van der Waals surface area (Å²) in [5, 5.41) is 6.09. The van der Waals surface area contributed by atoms with Crippen LogP contribution in [0, 0.1) is 5.92 Å². The SMILES string of the molecule is O=C(OCC(=O)N1N=C2/C(=C/c3ccco3)CCCC2C1c1ccco1)c1cccnc1. The molecule has 0 bridgehead atoms. The monoisotopic (exact) mass is 431 g/mol. The fourth-order valence-electron chi connectivity index (χ4n) is 4.25. The predicted molar refractivity (Wildman–Crippen MR) is 114 cm³/mol. The number of carbonyl (C=O) groups is 2.